The number of carbonyl (C=O) groups is 2. The number of nitrogens with zero attached hydrogens (tertiary/aromatic N) is 2. The standard InChI is InChI=1S/C27H21BrN2O4S/c1-14-11-15(2)22-20(12-14)35-27(29-22)30-23(17-5-4-6-18(28)13-17)21(25(32)26(30)33)24(31)16-7-9-19(34-3)10-8-16/h4-13,23,31H,1-3H3/t23-/m1/s1. The van der Waals surface area contributed by atoms with Crippen LogP contribution >= 0.6 is 27.3 Å². The van der Waals surface area contributed by atoms with E-state index in [2.05, 4.69) is 15.9 Å². The maximum absolute atomic E-state index is 13.4. The van der Waals surface area contributed by atoms with Crippen molar-refractivity contribution in [1.29, 1.82) is 0 Å². The Morgan fingerprint density at radius 1 is 1.09 bits per heavy atom. The molecule has 0 unspecified atom stereocenters. The second-order valence-electron chi connectivity index (χ2n) is 8.38. The molecule has 1 saturated heterocycles. The summed E-state index contributed by atoms with van der Waals surface area (Å²) >= 11 is 4.84. The molecule has 0 radical (unpaired) electrons. The van der Waals surface area contributed by atoms with Gasteiger partial charge in [0.15, 0.2) is 5.13 Å². The van der Waals surface area contributed by atoms with Crippen LogP contribution in [0.15, 0.2) is 70.7 Å². The third-order valence-electron chi connectivity index (χ3n) is 6.00. The molecule has 0 saturated carbocycles. The summed E-state index contributed by atoms with van der Waals surface area (Å²) in [5.74, 6) is -1.11. The van der Waals surface area contributed by atoms with Gasteiger partial charge in [0.2, 0.25) is 0 Å². The Labute approximate surface area is 214 Å². The molecule has 0 bridgehead atoms. The molecule has 8 heteroatoms. The van der Waals surface area contributed by atoms with Crippen LogP contribution in [-0.2, 0) is 9.59 Å². The number of hydrogen-bond acceptors (Lipinski definition) is 6. The third kappa shape index (κ3) is 4.02. The zero-order chi connectivity index (χ0) is 24.9. The van der Waals surface area contributed by atoms with Gasteiger partial charge in [0.05, 0.1) is 28.9 Å². The number of aliphatic hydroxyl groups excluding tert-OH is 1. The van der Waals surface area contributed by atoms with Crippen LogP contribution in [0.2, 0.25) is 0 Å². The van der Waals surface area contributed by atoms with Gasteiger partial charge in [0.25, 0.3) is 5.78 Å². The van der Waals surface area contributed by atoms with Crippen LogP contribution in [0.25, 0.3) is 16.0 Å². The molecule has 6 nitrogen and oxygen atoms in total. The third-order valence-corrected chi connectivity index (χ3v) is 7.49. The molecule has 4 aromatic rings. The van der Waals surface area contributed by atoms with Gasteiger partial charge >= 0.3 is 5.91 Å². The van der Waals surface area contributed by atoms with E-state index in [1.165, 1.54) is 16.2 Å². The summed E-state index contributed by atoms with van der Waals surface area (Å²) in [5.41, 5.74) is 4.00. The molecule has 1 atom stereocenters. The lowest BCUT2D eigenvalue weighted by atomic mass is 9.95. The van der Waals surface area contributed by atoms with E-state index in [-0.39, 0.29) is 11.3 Å². The molecule has 1 aromatic heterocycles. The summed E-state index contributed by atoms with van der Waals surface area (Å²) in [6, 6.07) is 17.3. The quantitative estimate of drug-likeness (QED) is 0.183. The van der Waals surface area contributed by atoms with E-state index in [9.17, 15) is 14.7 Å². The molecule has 2 heterocycles. The van der Waals surface area contributed by atoms with Gasteiger partial charge < -0.3 is 9.84 Å². The molecule has 5 rings (SSSR count). The van der Waals surface area contributed by atoms with Crippen LogP contribution in [0.5, 0.6) is 5.75 Å². The first kappa shape index (κ1) is 23.3. The summed E-state index contributed by atoms with van der Waals surface area (Å²) in [7, 11) is 1.55. The van der Waals surface area contributed by atoms with E-state index in [1.54, 1.807) is 31.4 Å². The van der Waals surface area contributed by atoms with Crippen LogP contribution in [0, 0.1) is 13.8 Å². The first-order valence-corrected chi connectivity index (χ1v) is 12.5. The van der Waals surface area contributed by atoms with Crippen molar-refractivity contribution in [2.45, 2.75) is 19.9 Å². The molecule has 176 valence electrons. The highest BCUT2D eigenvalue weighted by Gasteiger charge is 2.48. The number of benzene rings is 3. The number of Topliss-reactive ketones (excluding diaryl/α,β-unsaturated/α-hetero) is 1. The number of halogens is 1. The number of ketones is 1. The van der Waals surface area contributed by atoms with E-state index in [1.807, 2.05) is 50.2 Å². The summed E-state index contributed by atoms with van der Waals surface area (Å²) < 4.78 is 6.92. The number of anilines is 1. The maximum Gasteiger partial charge on any atom is 0.301 e. The van der Waals surface area contributed by atoms with E-state index in [4.69, 9.17) is 9.72 Å². The smallest absolute Gasteiger partial charge is 0.301 e. The second kappa shape index (κ2) is 8.94. The number of aliphatic hydroxyl groups is 1. The Kier molecular flexibility index (Phi) is 5.94. The minimum Gasteiger partial charge on any atom is -0.507 e. The Balaban J connectivity index is 1.73. The van der Waals surface area contributed by atoms with Gasteiger partial charge in [0, 0.05) is 10.0 Å². The van der Waals surface area contributed by atoms with Gasteiger partial charge in [-0.25, -0.2) is 4.98 Å². The maximum atomic E-state index is 13.4. The Morgan fingerprint density at radius 2 is 1.83 bits per heavy atom. The lowest BCUT2D eigenvalue weighted by Gasteiger charge is -2.23. The highest BCUT2D eigenvalue weighted by atomic mass is 79.9. The van der Waals surface area contributed by atoms with Gasteiger partial charge in [-0.15, -0.1) is 0 Å². The van der Waals surface area contributed by atoms with Crippen molar-refractivity contribution in [2.24, 2.45) is 0 Å². The number of hydrogen-bond donors (Lipinski definition) is 1. The van der Waals surface area contributed by atoms with Crippen LogP contribution < -0.4 is 9.64 Å². The van der Waals surface area contributed by atoms with Crippen LogP contribution in [-0.4, -0.2) is 28.9 Å². The van der Waals surface area contributed by atoms with Crippen molar-refractivity contribution in [3.63, 3.8) is 0 Å². The number of carbonyl (C=O) groups excluding carboxylic acids is 2. The number of rotatable bonds is 4. The largest absolute Gasteiger partial charge is 0.507 e. The van der Waals surface area contributed by atoms with Crippen molar-refractivity contribution in [3.05, 3.63) is 93.0 Å². The highest BCUT2D eigenvalue weighted by molar-refractivity contribution is 9.10. The molecular formula is C27H21BrN2O4S. The number of methoxy groups -OCH3 is 1. The first-order valence-electron chi connectivity index (χ1n) is 10.9. The lowest BCUT2D eigenvalue weighted by molar-refractivity contribution is -0.132. The zero-order valence-corrected chi connectivity index (χ0v) is 21.6. The molecule has 0 aliphatic carbocycles. The molecule has 1 aliphatic rings. The fraction of sp³-hybridized carbons (Fsp3) is 0.148. The highest BCUT2D eigenvalue weighted by Crippen LogP contribution is 2.45. The van der Waals surface area contributed by atoms with E-state index in [0.717, 1.165) is 25.8 Å². The summed E-state index contributed by atoms with van der Waals surface area (Å²) in [4.78, 5) is 32.9. The van der Waals surface area contributed by atoms with Crippen LogP contribution in [0.4, 0.5) is 5.13 Å². The van der Waals surface area contributed by atoms with Gasteiger partial charge in [-0.05, 0) is 73.0 Å². The zero-order valence-electron chi connectivity index (χ0n) is 19.2. The predicted octanol–water partition coefficient (Wildman–Crippen LogP) is 6.31. The van der Waals surface area contributed by atoms with Crippen LogP contribution in [0.3, 0.4) is 0 Å². The molecule has 1 N–H and O–H groups in total. The van der Waals surface area contributed by atoms with Gasteiger partial charge in [0.1, 0.15) is 11.5 Å². The van der Waals surface area contributed by atoms with Crippen molar-refractivity contribution >= 4 is 60.1 Å². The van der Waals surface area contributed by atoms with Crippen molar-refractivity contribution < 1.29 is 19.4 Å². The molecular weight excluding hydrogens is 528 g/mol. The summed E-state index contributed by atoms with van der Waals surface area (Å²) in [6.07, 6.45) is 0. The minimum atomic E-state index is -0.837. The monoisotopic (exact) mass is 548 g/mol. The lowest BCUT2D eigenvalue weighted by Crippen LogP contribution is -2.29. The Hall–Kier alpha value is -3.49. The Morgan fingerprint density at radius 3 is 2.51 bits per heavy atom. The van der Waals surface area contributed by atoms with Gasteiger partial charge in [-0.1, -0.05) is 45.5 Å². The topological polar surface area (TPSA) is 79.7 Å². The van der Waals surface area contributed by atoms with Crippen molar-refractivity contribution in [2.75, 3.05) is 12.0 Å². The first-order chi connectivity index (χ1) is 16.8. The molecule has 1 fully saturated rings. The van der Waals surface area contributed by atoms with Gasteiger partial charge in [-0.2, -0.15) is 0 Å². The van der Waals surface area contributed by atoms with Crippen LogP contribution in [0.1, 0.15) is 28.3 Å². The fourth-order valence-electron chi connectivity index (χ4n) is 4.39. The minimum absolute atomic E-state index is 0.0189. The van der Waals surface area contributed by atoms with E-state index in [0.29, 0.717) is 22.0 Å². The van der Waals surface area contributed by atoms with E-state index < -0.39 is 17.7 Å². The fourth-order valence-corrected chi connectivity index (χ4v) is 5.97. The van der Waals surface area contributed by atoms with Gasteiger partial charge in [-0.3, -0.25) is 14.5 Å². The summed E-state index contributed by atoms with van der Waals surface area (Å²) in [6.45, 7) is 3.98. The number of amides is 1. The predicted molar refractivity (Wildman–Crippen MR) is 141 cm³/mol. The van der Waals surface area contributed by atoms with E-state index >= 15 is 0 Å². The number of aromatic nitrogens is 1. The number of aryl methyl sites for hydroxylation is 2. The number of ether oxygens (including phenoxy) is 1. The summed E-state index contributed by atoms with van der Waals surface area (Å²) in [5, 5.41) is 11.7. The van der Waals surface area contributed by atoms with Crippen molar-refractivity contribution in [1.82, 2.24) is 4.98 Å². The number of thiazole rings is 1. The molecule has 1 aliphatic heterocycles. The molecule has 1 amide bonds. The second-order valence-corrected chi connectivity index (χ2v) is 10.3. The average molecular weight is 549 g/mol. The molecule has 0 spiro atoms. The number of fused-ring (bicyclic) bond motifs is 1. The normalized spacial score (nSPS) is 17.4. The molecule has 35 heavy (non-hydrogen) atoms. The van der Waals surface area contributed by atoms with Crippen molar-refractivity contribution in [3.8, 4) is 5.75 Å². The Bertz CT molecular complexity index is 1520. The molecule has 3 aromatic carbocycles. The average Bonchev–Trinajstić information content (AvgIpc) is 3.37. The SMILES string of the molecule is COc1ccc(C(O)=C2C(=O)C(=O)N(c3nc4c(C)cc(C)cc4s3)[C@@H]2c2cccc(Br)c2)cc1.